The van der Waals surface area contributed by atoms with Gasteiger partial charge in [0.15, 0.2) is 0 Å². The van der Waals surface area contributed by atoms with E-state index in [1.807, 2.05) is 6.92 Å². The third-order valence-electron chi connectivity index (χ3n) is 3.23. The molecule has 122 valence electrons. The van der Waals surface area contributed by atoms with Gasteiger partial charge in [0.1, 0.15) is 11.6 Å². The van der Waals surface area contributed by atoms with Gasteiger partial charge in [-0.05, 0) is 24.6 Å². The number of nitrogens with one attached hydrogen (secondary N) is 1. The lowest BCUT2D eigenvalue weighted by Gasteiger charge is -2.12. The van der Waals surface area contributed by atoms with Crippen molar-refractivity contribution in [2.75, 3.05) is 17.7 Å². The summed E-state index contributed by atoms with van der Waals surface area (Å²) in [6.45, 7) is 2.51. The van der Waals surface area contributed by atoms with E-state index in [0.717, 1.165) is 18.9 Å². The van der Waals surface area contributed by atoms with E-state index in [1.165, 1.54) is 6.07 Å². The summed E-state index contributed by atoms with van der Waals surface area (Å²) < 4.78 is 19.5. The van der Waals surface area contributed by atoms with Gasteiger partial charge in [0.2, 0.25) is 0 Å². The van der Waals surface area contributed by atoms with Crippen molar-refractivity contribution in [3.63, 3.8) is 0 Å². The summed E-state index contributed by atoms with van der Waals surface area (Å²) in [4.78, 5) is 12.2. The van der Waals surface area contributed by atoms with Crippen LogP contribution >= 0.6 is 11.6 Å². The molecule has 0 unspecified atom stereocenters. The molecule has 0 aliphatic carbocycles. The van der Waals surface area contributed by atoms with Gasteiger partial charge in [-0.15, -0.1) is 0 Å². The summed E-state index contributed by atoms with van der Waals surface area (Å²) in [5.41, 5.74) is 6.33. The van der Waals surface area contributed by atoms with Gasteiger partial charge in [0.25, 0.3) is 5.91 Å². The van der Waals surface area contributed by atoms with Crippen LogP contribution in [-0.2, 0) is 0 Å². The molecule has 0 aliphatic heterocycles. The predicted molar refractivity (Wildman–Crippen MR) is 90.6 cm³/mol. The van der Waals surface area contributed by atoms with Crippen LogP contribution in [0.2, 0.25) is 5.02 Å². The lowest BCUT2D eigenvalue weighted by atomic mass is 10.1. The average Bonchev–Trinajstić information content (AvgIpc) is 2.52. The number of halogens is 2. The van der Waals surface area contributed by atoms with Crippen molar-refractivity contribution in [1.29, 1.82) is 0 Å². The number of carbonyl (C=O) groups excluding carboxylic acids is 1. The molecule has 0 atom stereocenters. The first-order valence-corrected chi connectivity index (χ1v) is 7.68. The van der Waals surface area contributed by atoms with Crippen LogP contribution in [0, 0.1) is 5.82 Å². The highest BCUT2D eigenvalue weighted by Gasteiger charge is 2.15. The number of unbranched alkanes of at least 4 members (excludes halogenated alkanes) is 1. The zero-order valence-corrected chi connectivity index (χ0v) is 13.5. The molecule has 23 heavy (non-hydrogen) atoms. The van der Waals surface area contributed by atoms with E-state index in [1.54, 1.807) is 24.3 Å². The van der Waals surface area contributed by atoms with Crippen LogP contribution in [0.5, 0.6) is 5.75 Å². The second-order valence-electron chi connectivity index (χ2n) is 5.01. The number of nitrogens with two attached hydrogens (primary N) is 1. The average molecular weight is 337 g/mol. The van der Waals surface area contributed by atoms with Crippen LogP contribution < -0.4 is 15.8 Å². The molecule has 0 bridgehead atoms. The van der Waals surface area contributed by atoms with Crippen molar-refractivity contribution in [2.45, 2.75) is 19.8 Å². The Morgan fingerprint density at radius 2 is 2.09 bits per heavy atom. The van der Waals surface area contributed by atoms with Crippen molar-refractivity contribution in [1.82, 2.24) is 0 Å². The van der Waals surface area contributed by atoms with Crippen LogP contribution in [0.3, 0.4) is 0 Å². The number of rotatable bonds is 6. The first kappa shape index (κ1) is 17.1. The summed E-state index contributed by atoms with van der Waals surface area (Å²) >= 11 is 5.96. The monoisotopic (exact) mass is 336 g/mol. The van der Waals surface area contributed by atoms with E-state index in [9.17, 15) is 9.18 Å². The van der Waals surface area contributed by atoms with E-state index < -0.39 is 11.7 Å². The van der Waals surface area contributed by atoms with E-state index in [4.69, 9.17) is 22.1 Å². The fraction of sp³-hybridized carbons (Fsp3) is 0.235. The Labute approximate surface area is 139 Å². The summed E-state index contributed by atoms with van der Waals surface area (Å²) in [7, 11) is 0. The Bertz CT molecular complexity index is 707. The van der Waals surface area contributed by atoms with Gasteiger partial charge in [-0.25, -0.2) is 4.39 Å². The zero-order valence-electron chi connectivity index (χ0n) is 12.7. The third kappa shape index (κ3) is 4.36. The highest BCUT2D eigenvalue weighted by Crippen LogP contribution is 2.31. The molecule has 3 N–H and O–H groups in total. The lowest BCUT2D eigenvalue weighted by Crippen LogP contribution is -2.15. The van der Waals surface area contributed by atoms with Gasteiger partial charge in [-0.1, -0.05) is 37.1 Å². The zero-order chi connectivity index (χ0) is 16.8. The topological polar surface area (TPSA) is 64.3 Å². The second kappa shape index (κ2) is 7.83. The van der Waals surface area contributed by atoms with Crippen molar-refractivity contribution in [3.05, 3.63) is 52.8 Å². The molecule has 1 amide bonds. The first-order chi connectivity index (χ1) is 11.0. The van der Waals surface area contributed by atoms with E-state index in [0.29, 0.717) is 18.0 Å². The van der Waals surface area contributed by atoms with Crippen molar-refractivity contribution in [3.8, 4) is 5.75 Å². The molecule has 0 aromatic heterocycles. The number of anilines is 2. The van der Waals surface area contributed by atoms with Crippen LogP contribution in [0.4, 0.5) is 15.8 Å². The number of ether oxygens (including phenoxy) is 1. The van der Waals surface area contributed by atoms with E-state index in [2.05, 4.69) is 5.32 Å². The van der Waals surface area contributed by atoms with Crippen LogP contribution in [0.25, 0.3) is 0 Å². The number of benzene rings is 2. The molecule has 0 saturated heterocycles. The number of hydrogen-bond donors (Lipinski definition) is 2. The van der Waals surface area contributed by atoms with Crippen LogP contribution in [-0.4, -0.2) is 12.5 Å². The maximum atomic E-state index is 14.0. The number of amides is 1. The predicted octanol–water partition coefficient (Wildman–Crippen LogP) is 4.49. The first-order valence-electron chi connectivity index (χ1n) is 7.30. The maximum Gasteiger partial charge on any atom is 0.257 e. The fourth-order valence-corrected chi connectivity index (χ4v) is 2.16. The van der Waals surface area contributed by atoms with Crippen molar-refractivity contribution < 1.29 is 13.9 Å². The summed E-state index contributed by atoms with van der Waals surface area (Å²) in [6.07, 6.45) is 1.83. The second-order valence-corrected chi connectivity index (χ2v) is 5.41. The molecule has 0 fully saturated rings. The molecular weight excluding hydrogens is 319 g/mol. The molecular formula is C17H18ClFN2O2. The molecule has 0 radical (unpaired) electrons. The van der Waals surface area contributed by atoms with E-state index in [-0.39, 0.29) is 16.3 Å². The molecule has 2 aromatic carbocycles. The summed E-state index contributed by atoms with van der Waals surface area (Å²) in [5, 5.41) is 2.66. The number of para-hydroxylation sites is 1. The Morgan fingerprint density at radius 1 is 1.35 bits per heavy atom. The van der Waals surface area contributed by atoms with E-state index >= 15 is 0 Å². The standard InChI is InChI=1S/C17H18ClFN2O2/c1-2-3-8-23-16-10-15(13(19)9-12(16)18)21-17(22)11-6-4-5-7-14(11)20/h4-7,9-10H,2-3,8,20H2,1H3,(H,21,22). The van der Waals surface area contributed by atoms with Crippen LogP contribution in [0.1, 0.15) is 30.1 Å². The highest BCUT2D eigenvalue weighted by molar-refractivity contribution is 6.32. The Kier molecular flexibility index (Phi) is 5.82. The quantitative estimate of drug-likeness (QED) is 0.603. The normalized spacial score (nSPS) is 10.4. The molecule has 6 heteroatoms. The molecule has 0 aliphatic rings. The summed E-state index contributed by atoms with van der Waals surface area (Å²) in [5.74, 6) is -0.803. The molecule has 4 nitrogen and oxygen atoms in total. The van der Waals surface area contributed by atoms with Crippen molar-refractivity contribution in [2.24, 2.45) is 0 Å². The molecule has 0 heterocycles. The smallest absolute Gasteiger partial charge is 0.257 e. The van der Waals surface area contributed by atoms with Gasteiger partial charge in [-0.3, -0.25) is 4.79 Å². The fourth-order valence-electron chi connectivity index (χ4n) is 1.96. The number of carbonyl (C=O) groups is 1. The summed E-state index contributed by atoms with van der Waals surface area (Å²) in [6, 6.07) is 9.07. The third-order valence-corrected chi connectivity index (χ3v) is 3.53. The minimum Gasteiger partial charge on any atom is -0.492 e. The van der Waals surface area contributed by atoms with Crippen LogP contribution in [0.15, 0.2) is 36.4 Å². The van der Waals surface area contributed by atoms with Gasteiger partial charge < -0.3 is 15.8 Å². The SMILES string of the molecule is CCCCOc1cc(NC(=O)c2ccccc2N)c(F)cc1Cl. The molecule has 0 saturated carbocycles. The Balaban J connectivity index is 2.20. The van der Waals surface area contributed by atoms with Gasteiger partial charge in [0, 0.05) is 11.8 Å². The van der Waals surface area contributed by atoms with Gasteiger partial charge in [-0.2, -0.15) is 0 Å². The molecule has 2 aromatic rings. The van der Waals surface area contributed by atoms with Gasteiger partial charge in [0.05, 0.1) is 22.9 Å². The Morgan fingerprint density at radius 3 is 2.78 bits per heavy atom. The number of hydrogen-bond acceptors (Lipinski definition) is 3. The molecule has 2 rings (SSSR count). The molecule has 0 spiro atoms. The van der Waals surface area contributed by atoms with Gasteiger partial charge >= 0.3 is 0 Å². The number of nitrogen functional groups attached to an aromatic ring is 1. The minimum atomic E-state index is -0.638. The Hall–Kier alpha value is -2.27. The largest absolute Gasteiger partial charge is 0.492 e. The van der Waals surface area contributed by atoms with Crippen molar-refractivity contribution >= 4 is 28.9 Å². The maximum absolute atomic E-state index is 14.0. The lowest BCUT2D eigenvalue weighted by molar-refractivity contribution is 0.102. The highest BCUT2D eigenvalue weighted by atomic mass is 35.5. The minimum absolute atomic E-state index is 0.00542.